The number of aliphatic hydroxyl groups excluding tert-OH is 1. The van der Waals surface area contributed by atoms with Crippen LogP contribution < -0.4 is 10.8 Å². The van der Waals surface area contributed by atoms with Crippen LogP contribution in [0.1, 0.15) is 72.6 Å². The number of hydrogen-bond acceptors (Lipinski definition) is 10. The number of carbonyl (C=O) groups excluding carboxylic acids is 2. The molecule has 0 spiro atoms. The Morgan fingerprint density at radius 1 is 1.02 bits per heavy atom. The lowest BCUT2D eigenvalue weighted by Crippen LogP contribution is -2.31. The second-order valence-corrected chi connectivity index (χ2v) is 12.0. The first kappa shape index (κ1) is 30.1. The lowest BCUT2D eigenvalue weighted by atomic mass is 10.0. The number of nitrogens with one attached hydrogen (secondary N) is 2. The highest BCUT2D eigenvalue weighted by molar-refractivity contribution is 8.01. The summed E-state index contributed by atoms with van der Waals surface area (Å²) < 4.78 is 13.7. The van der Waals surface area contributed by atoms with Crippen molar-refractivity contribution in [1.29, 1.82) is 0 Å². The molecule has 0 saturated carbocycles. The molecule has 4 N–H and O–H groups in total. The Labute approximate surface area is 241 Å². The molecule has 214 valence electrons. The molecule has 3 aromatic rings. The number of aryl methyl sites for hydroxylation is 1. The summed E-state index contributed by atoms with van der Waals surface area (Å²) >= 11 is 3.17. The van der Waals surface area contributed by atoms with Crippen molar-refractivity contribution in [1.82, 2.24) is 15.7 Å². The van der Waals surface area contributed by atoms with E-state index in [4.69, 9.17) is 14.7 Å². The van der Waals surface area contributed by atoms with Gasteiger partial charge in [0.15, 0.2) is 10.6 Å². The predicted molar refractivity (Wildman–Crippen MR) is 152 cm³/mol. The Hall–Kier alpha value is -2.87. The molecule has 0 bridgehead atoms. The second-order valence-electron chi connectivity index (χ2n) is 9.52. The number of benzene rings is 2. The monoisotopic (exact) mass is 586 g/mol. The van der Waals surface area contributed by atoms with Gasteiger partial charge in [0.1, 0.15) is 5.01 Å². The quantitative estimate of drug-likeness (QED) is 0.0934. The maximum atomic E-state index is 12.5. The van der Waals surface area contributed by atoms with Crippen molar-refractivity contribution < 1.29 is 29.4 Å². The van der Waals surface area contributed by atoms with Crippen molar-refractivity contribution >= 4 is 40.6 Å². The minimum Gasteiger partial charge on any atom is -0.392 e. The van der Waals surface area contributed by atoms with Crippen molar-refractivity contribution in [3.63, 3.8) is 0 Å². The van der Waals surface area contributed by atoms with Gasteiger partial charge in [0, 0.05) is 36.3 Å². The highest BCUT2D eigenvalue weighted by Gasteiger charge is 2.32. The number of thioether (sulfide) groups is 1. The summed E-state index contributed by atoms with van der Waals surface area (Å²) in [6.07, 6.45) is 2.23. The Kier molecular flexibility index (Phi) is 11.5. The van der Waals surface area contributed by atoms with Crippen LogP contribution in [0.15, 0.2) is 52.9 Å². The van der Waals surface area contributed by atoms with E-state index in [1.807, 2.05) is 55.5 Å². The molecule has 10 nitrogen and oxygen atoms in total. The van der Waals surface area contributed by atoms with Gasteiger partial charge in [-0.05, 0) is 43.0 Å². The van der Waals surface area contributed by atoms with Crippen LogP contribution in [0.5, 0.6) is 0 Å². The van der Waals surface area contributed by atoms with Gasteiger partial charge in [-0.25, -0.2) is 5.48 Å². The summed E-state index contributed by atoms with van der Waals surface area (Å²) in [5.74, 6) is 0.155. The molecule has 1 aliphatic rings. The number of carbonyl (C=O) groups is 2. The van der Waals surface area contributed by atoms with Crippen molar-refractivity contribution in [2.75, 3.05) is 11.1 Å². The number of aliphatic hydroxyl groups is 1. The summed E-state index contributed by atoms with van der Waals surface area (Å²) in [5, 5.41) is 30.1. The number of rotatable bonds is 13. The third kappa shape index (κ3) is 9.08. The minimum absolute atomic E-state index is 0.0164. The standard InChI is InChI=1S/C28H34N4O6S2/c1-18-30-31-28(40-18)39-17-23-15-24(20-12-10-19(16-33)11-13-20)38-27(37-23)21-6-5-7-22(14-21)29-25(34)8-3-2-4-9-26(35)32-36/h5-7,10-14,23-24,27,33,36H,2-4,8-9,15-17H2,1H3,(H,29,34)(H,32,35). The normalized spacial score (nSPS) is 18.8. The van der Waals surface area contributed by atoms with E-state index in [0.717, 1.165) is 26.0 Å². The minimum atomic E-state index is -0.632. The van der Waals surface area contributed by atoms with Gasteiger partial charge in [0.2, 0.25) is 11.8 Å². The van der Waals surface area contributed by atoms with Crippen molar-refractivity contribution in [3.8, 4) is 0 Å². The zero-order chi connectivity index (χ0) is 28.3. The van der Waals surface area contributed by atoms with Crippen LogP contribution in [-0.4, -0.2) is 44.2 Å². The molecule has 3 atom stereocenters. The topological polar surface area (TPSA) is 143 Å². The van der Waals surface area contributed by atoms with E-state index in [-0.39, 0.29) is 31.1 Å². The number of aromatic nitrogens is 2. The molecule has 4 rings (SSSR count). The first-order chi connectivity index (χ1) is 19.4. The van der Waals surface area contributed by atoms with Crippen molar-refractivity contribution in [2.45, 2.75) is 74.9 Å². The van der Waals surface area contributed by atoms with Crippen molar-refractivity contribution in [2.24, 2.45) is 0 Å². The molecular weight excluding hydrogens is 552 g/mol. The largest absolute Gasteiger partial charge is 0.392 e. The molecule has 40 heavy (non-hydrogen) atoms. The fraction of sp³-hybridized carbons (Fsp3) is 0.429. The summed E-state index contributed by atoms with van der Waals surface area (Å²) in [5.41, 5.74) is 4.91. The Bertz CT molecular complexity index is 1260. The van der Waals surface area contributed by atoms with Crippen LogP contribution in [0.25, 0.3) is 0 Å². The Balaban J connectivity index is 1.40. The molecule has 3 unspecified atom stereocenters. The van der Waals surface area contributed by atoms with Gasteiger partial charge in [0.05, 0.1) is 18.8 Å². The second kappa shape index (κ2) is 15.2. The van der Waals surface area contributed by atoms with Crippen LogP contribution in [-0.2, 0) is 25.7 Å². The molecule has 12 heteroatoms. The van der Waals surface area contributed by atoms with E-state index in [1.54, 1.807) is 28.6 Å². The van der Waals surface area contributed by atoms with Crippen LogP contribution in [0, 0.1) is 6.92 Å². The molecular formula is C28H34N4O6S2. The fourth-order valence-corrected chi connectivity index (χ4v) is 6.17. The zero-order valence-electron chi connectivity index (χ0n) is 22.2. The smallest absolute Gasteiger partial charge is 0.243 e. The van der Waals surface area contributed by atoms with E-state index in [0.29, 0.717) is 43.5 Å². The highest BCUT2D eigenvalue weighted by atomic mass is 32.2. The molecule has 1 aliphatic heterocycles. The van der Waals surface area contributed by atoms with Crippen molar-refractivity contribution in [3.05, 3.63) is 70.2 Å². The van der Waals surface area contributed by atoms with E-state index in [9.17, 15) is 14.7 Å². The molecule has 0 aliphatic carbocycles. The number of ether oxygens (including phenoxy) is 2. The van der Waals surface area contributed by atoms with Gasteiger partial charge in [-0.15, -0.1) is 10.2 Å². The van der Waals surface area contributed by atoms with E-state index in [2.05, 4.69) is 15.5 Å². The third-order valence-corrected chi connectivity index (χ3v) is 8.49. The lowest BCUT2D eigenvalue weighted by Gasteiger charge is -2.36. The predicted octanol–water partition coefficient (Wildman–Crippen LogP) is 5.07. The first-order valence-corrected chi connectivity index (χ1v) is 15.0. The Morgan fingerprint density at radius 3 is 2.50 bits per heavy atom. The molecule has 1 aromatic heterocycles. The third-order valence-electron chi connectivity index (χ3n) is 6.39. The average Bonchev–Trinajstić information content (AvgIpc) is 3.40. The zero-order valence-corrected chi connectivity index (χ0v) is 23.9. The molecule has 0 radical (unpaired) electrons. The lowest BCUT2D eigenvalue weighted by molar-refractivity contribution is -0.245. The molecule has 2 aromatic carbocycles. The average molecular weight is 587 g/mol. The number of hydroxylamine groups is 1. The van der Waals surface area contributed by atoms with Crippen LogP contribution in [0.3, 0.4) is 0 Å². The number of nitrogens with zero attached hydrogens (tertiary/aromatic N) is 2. The van der Waals surface area contributed by atoms with Gasteiger partial charge >= 0.3 is 0 Å². The summed E-state index contributed by atoms with van der Waals surface area (Å²) in [4.78, 5) is 23.6. The molecule has 1 saturated heterocycles. The number of amides is 2. The van der Waals surface area contributed by atoms with Gasteiger partial charge in [-0.3, -0.25) is 14.8 Å². The Morgan fingerprint density at radius 2 is 1.80 bits per heavy atom. The highest BCUT2D eigenvalue weighted by Crippen LogP contribution is 2.40. The fourth-order valence-electron chi connectivity index (χ4n) is 4.31. The van der Waals surface area contributed by atoms with Gasteiger partial charge in [0.25, 0.3) is 0 Å². The van der Waals surface area contributed by atoms with Crippen LogP contribution in [0.4, 0.5) is 5.69 Å². The SMILES string of the molecule is Cc1nnc(SCC2CC(c3ccc(CO)cc3)OC(c3cccc(NC(=O)CCCCCC(=O)NO)c3)O2)s1. The summed E-state index contributed by atoms with van der Waals surface area (Å²) in [6, 6.07) is 15.2. The van der Waals surface area contributed by atoms with E-state index in [1.165, 1.54) is 0 Å². The van der Waals surface area contributed by atoms with E-state index >= 15 is 0 Å². The summed E-state index contributed by atoms with van der Waals surface area (Å²) in [7, 11) is 0. The number of anilines is 1. The van der Waals surface area contributed by atoms with Crippen LogP contribution >= 0.6 is 23.1 Å². The maximum absolute atomic E-state index is 12.5. The number of hydrogen-bond donors (Lipinski definition) is 4. The molecule has 2 heterocycles. The van der Waals surface area contributed by atoms with Crippen LogP contribution in [0.2, 0.25) is 0 Å². The van der Waals surface area contributed by atoms with Gasteiger partial charge in [-0.2, -0.15) is 0 Å². The number of unbranched alkanes of at least 4 members (excludes halogenated alkanes) is 2. The van der Waals surface area contributed by atoms with Gasteiger partial charge < -0.3 is 19.9 Å². The van der Waals surface area contributed by atoms with Gasteiger partial charge in [-0.1, -0.05) is 65.9 Å². The first-order valence-electron chi connectivity index (χ1n) is 13.2. The maximum Gasteiger partial charge on any atom is 0.243 e. The molecule has 2 amide bonds. The molecule has 1 fully saturated rings. The summed E-state index contributed by atoms with van der Waals surface area (Å²) in [6.45, 7) is 1.91. The van der Waals surface area contributed by atoms with E-state index < -0.39 is 12.2 Å².